The van der Waals surface area contributed by atoms with Gasteiger partial charge in [0.15, 0.2) is 0 Å². The summed E-state index contributed by atoms with van der Waals surface area (Å²) in [6.07, 6.45) is -4.63. The first-order valence-corrected chi connectivity index (χ1v) is 5.51. The second kappa shape index (κ2) is 3.91. The Hall–Kier alpha value is -2.17. The summed E-state index contributed by atoms with van der Waals surface area (Å²) in [5.74, 6) is -0.920. The van der Waals surface area contributed by atoms with E-state index >= 15 is 0 Å². The van der Waals surface area contributed by atoms with E-state index in [1.807, 2.05) is 0 Å². The Morgan fingerprint density at radius 2 is 1.63 bits per heavy atom. The van der Waals surface area contributed by atoms with Gasteiger partial charge in [0.25, 0.3) is 0 Å². The molecule has 0 N–H and O–H groups in total. The number of fused-ring (bicyclic) bond motifs is 2. The zero-order valence-corrected chi connectivity index (χ0v) is 9.50. The van der Waals surface area contributed by atoms with Crippen LogP contribution in [0.15, 0.2) is 42.5 Å². The largest absolute Gasteiger partial charge is 0.418 e. The molecule has 0 saturated heterocycles. The second-order valence-corrected chi connectivity index (χ2v) is 4.20. The lowest BCUT2D eigenvalue weighted by molar-refractivity contribution is -0.136. The molecule has 1 heterocycles. The molecular formula is C14H7F4N. The summed E-state index contributed by atoms with van der Waals surface area (Å²) in [6, 6.07) is 9.83. The van der Waals surface area contributed by atoms with Crippen LogP contribution in [0.4, 0.5) is 17.6 Å². The molecule has 0 unspecified atom stereocenters. The highest BCUT2D eigenvalue weighted by Crippen LogP contribution is 2.35. The van der Waals surface area contributed by atoms with Crippen molar-refractivity contribution in [3.63, 3.8) is 0 Å². The zero-order valence-electron chi connectivity index (χ0n) is 9.50. The lowest BCUT2D eigenvalue weighted by Crippen LogP contribution is -2.07. The fraction of sp³-hybridized carbons (Fsp3) is 0.0714. The molecule has 0 atom stereocenters. The van der Waals surface area contributed by atoms with Crippen molar-refractivity contribution in [2.45, 2.75) is 6.18 Å². The number of alkyl halides is 3. The van der Waals surface area contributed by atoms with Gasteiger partial charge in [-0.1, -0.05) is 18.2 Å². The van der Waals surface area contributed by atoms with Gasteiger partial charge >= 0.3 is 6.18 Å². The Morgan fingerprint density at radius 3 is 2.37 bits per heavy atom. The van der Waals surface area contributed by atoms with Crippen molar-refractivity contribution in [1.82, 2.24) is 4.98 Å². The maximum absolute atomic E-state index is 13.3. The number of benzene rings is 2. The average Bonchev–Trinajstić information content (AvgIpc) is 2.34. The van der Waals surface area contributed by atoms with Gasteiger partial charge < -0.3 is 0 Å². The minimum Gasteiger partial charge on any atom is -0.247 e. The SMILES string of the molecule is Fc1cc(C(F)(F)F)c2nc3ccccc3cc2c1. The fourth-order valence-corrected chi connectivity index (χ4v) is 2.07. The van der Waals surface area contributed by atoms with Gasteiger partial charge in [0.1, 0.15) is 5.82 Å². The van der Waals surface area contributed by atoms with E-state index in [1.165, 1.54) is 6.07 Å². The van der Waals surface area contributed by atoms with Crippen LogP contribution in [0.3, 0.4) is 0 Å². The minimum atomic E-state index is -4.63. The Morgan fingerprint density at radius 1 is 0.895 bits per heavy atom. The monoisotopic (exact) mass is 265 g/mol. The molecule has 0 saturated carbocycles. The van der Waals surface area contributed by atoms with E-state index in [0.717, 1.165) is 6.07 Å². The third-order valence-electron chi connectivity index (χ3n) is 2.89. The van der Waals surface area contributed by atoms with E-state index in [9.17, 15) is 17.6 Å². The number of hydrogen-bond donors (Lipinski definition) is 0. The lowest BCUT2D eigenvalue weighted by atomic mass is 10.1. The molecule has 0 spiro atoms. The second-order valence-electron chi connectivity index (χ2n) is 4.20. The molecule has 0 bridgehead atoms. The smallest absolute Gasteiger partial charge is 0.247 e. The molecule has 0 aliphatic rings. The van der Waals surface area contributed by atoms with Gasteiger partial charge in [-0.3, -0.25) is 0 Å². The average molecular weight is 265 g/mol. The van der Waals surface area contributed by atoms with Gasteiger partial charge in [-0.25, -0.2) is 9.37 Å². The van der Waals surface area contributed by atoms with Crippen molar-refractivity contribution in [2.75, 3.05) is 0 Å². The van der Waals surface area contributed by atoms with Gasteiger partial charge in [0.2, 0.25) is 0 Å². The van der Waals surface area contributed by atoms with E-state index in [-0.39, 0.29) is 10.9 Å². The van der Waals surface area contributed by atoms with Crippen LogP contribution in [0.1, 0.15) is 5.56 Å². The number of halogens is 4. The molecule has 19 heavy (non-hydrogen) atoms. The lowest BCUT2D eigenvalue weighted by Gasteiger charge is -2.10. The molecule has 0 radical (unpaired) electrons. The molecule has 0 amide bonds. The Kier molecular flexibility index (Phi) is 2.45. The molecule has 2 aromatic carbocycles. The van der Waals surface area contributed by atoms with Crippen molar-refractivity contribution in [2.24, 2.45) is 0 Å². The quantitative estimate of drug-likeness (QED) is 0.429. The summed E-state index contributed by atoms with van der Waals surface area (Å²) in [7, 11) is 0. The summed E-state index contributed by atoms with van der Waals surface area (Å²) in [6.45, 7) is 0. The van der Waals surface area contributed by atoms with E-state index in [4.69, 9.17) is 0 Å². The normalized spacial score (nSPS) is 12.2. The van der Waals surface area contributed by atoms with Gasteiger partial charge in [-0.2, -0.15) is 13.2 Å². The first kappa shape index (κ1) is 11.9. The van der Waals surface area contributed by atoms with Crippen molar-refractivity contribution in [3.8, 4) is 0 Å². The number of para-hydroxylation sites is 1. The van der Waals surface area contributed by atoms with Crippen LogP contribution in [-0.4, -0.2) is 4.98 Å². The summed E-state index contributed by atoms with van der Waals surface area (Å²) in [4.78, 5) is 4.00. The molecular weight excluding hydrogens is 258 g/mol. The van der Waals surface area contributed by atoms with Crippen LogP contribution in [-0.2, 0) is 6.18 Å². The van der Waals surface area contributed by atoms with E-state index in [1.54, 1.807) is 24.3 Å². The third-order valence-corrected chi connectivity index (χ3v) is 2.89. The maximum atomic E-state index is 13.3. The highest BCUT2D eigenvalue weighted by atomic mass is 19.4. The predicted octanol–water partition coefficient (Wildman–Crippen LogP) is 4.55. The van der Waals surface area contributed by atoms with E-state index < -0.39 is 17.6 Å². The van der Waals surface area contributed by atoms with Crippen LogP contribution >= 0.6 is 0 Å². The van der Waals surface area contributed by atoms with E-state index in [0.29, 0.717) is 17.0 Å². The van der Waals surface area contributed by atoms with Gasteiger partial charge in [-0.15, -0.1) is 0 Å². The Bertz CT molecular complexity index is 777. The zero-order chi connectivity index (χ0) is 13.6. The maximum Gasteiger partial charge on any atom is 0.418 e. The number of rotatable bonds is 0. The van der Waals surface area contributed by atoms with Crippen molar-refractivity contribution in [1.29, 1.82) is 0 Å². The fourth-order valence-electron chi connectivity index (χ4n) is 2.07. The highest BCUT2D eigenvalue weighted by molar-refractivity contribution is 5.94. The van der Waals surface area contributed by atoms with Crippen LogP contribution in [0.25, 0.3) is 21.8 Å². The topological polar surface area (TPSA) is 12.9 Å². The molecule has 1 nitrogen and oxygen atoms in total. The molecule has 0 fully saturated rings. The van der Waals surface area contributed by atoms with Crippen LogP contribution < -0.4 is 0 Å². The van der Waals surface area contributed by atoms with Crippen LogP contribution in [0.5, 0.6) is 0 Å². The van der Waals surface area contributed by atoms with E-state index in [2.05, 4.69) is 4.98 Å². The van der Waals surface area contributed by atoms with Crippen LogP contribution in [0, 0.1) is 5.82 Å². The Balaban J connectivity index is 2.46. The van der Waals surface area contributed by atoms with Gasteiger partial charge in [0.05, 0.1) is 16.6 Å². The summed E-state index contributed by atoms with van der Waals surface area (Å²) in [5.41, 5.74) is -0.826. The predicted molar refractivity (Wildman–Crippen MR) is 64.2 cm³/mol. The summed E-state index contributed by atoms with van der Waals surface area (Å²) < 4.78 is 52.0. The van der Waals surface area contributed by atoms with Crippen molar-refractivity contribution < 1.29 is 17.6 Å². The number of aromatic nitrogens is 1. The highest BCUT2D eigenvalue weighted by Gasteiger charge is 2.34. The number of pyridine rings is 1. The summed E-state index contributed by atoms with van der Waals surface area (Å²) >= 11 is 0. The first-order valence-electron chi connectivity index (χ1n) is 5.51. The minimum absolute atomic E-state index is 0.144. The van der Waals surface area contributed by atoms with Crippen molar-refractivity contribution in [3.05, 3.63) is 53.8 Å². The molecule has 0 aliphatic carbocycles. The summed E-state index contributed by atoms with van der Waals surface area (Å²) in [5, 5.41) is 0.819. The Labute approximate surface area is 105 Å². The first-order chi connectivity index (χ1) is 8.95. The van der Waals surface area contributed by atoms with Gasteiger partial charge in [-0.05, 0) is 24.3 Å². The molecule has 3 aromatic rings. The molecule has 1 aromatic heterocycles. The molecule has 0 aliphatic heterocycles. The number of nitrogens with zero attached hydrogens (tertiary/aromatic N) is 1. The molecule has 5 heteroatoms. The molecule has 96 valence electrons. The molecule has 3 rings (SSSR count). The number of hydrogen-bond acceptors (Lipinski definition) is 1. The standard InChI is InChI=1S/C14H7F4N/c15-10-6-9-5-8-3-1-2-4-12(8)19-13(9)11(7-10)14(16,17)18/h1-7H. The van der Waals surface area contributed by atoms with Crippen molar-refractivity contribution >= 4 is 21.8 Å². The van der Waals surface area contributed by atoms with Gasteiger partial charge in [0, 0.05) is 10.8 Å². The van der Waals surface area contributed by atoms with Crippen LogP contribution in [0.2, 0.25) is 0 Å². The third kappa shape index (κ3) is 2.01.